The SMILES string of the molecule is COC(C)(OCN(COC(C)(OC)P(=O)(O)O)COC(C)(OC)P(=O)(O)O)P(=O)(O)O. The van der Waals surface area contributed by atoms with E-state index in [1.54, 1.807) is 0 Å². The van der Waals surface area contributed by atoms with Gasteiger partial charge in [-0.05, 0) is 0 Å². The maximum Gasteiger partial charge on any atom is 0.384 e. The molecule has 31 heavy (non-hydrogen) atoms. The maximum atomic E-state index is 11.6. The van der Waals surface area contributed by atoms with Gasteiger partial charge in [-0.15, -0.1) is 0 Å². The molecule has 3 atom stereocenters. The number of hydrogen-bond acceptors (Lipinski definition) is 10. The van der Waals surface area contributed by atoms with Crippen LogP contribution in [0.4, 0.5) is 0 Å². The second kappa shape index (κ2) is 11.1. The van der Waals surface area contributed by atoms with E-state index < -0.39 is 59.6 Å². The first kappa shape index (κ1) is 31.2. The lowest BCUT2D eigenvalue weighted by molar-refractivity contribution is -0.253. The van der Waals surface area contributed by atoms with Crippen molar-refractivity contribution in [2.75, 3.05) is 41.5 Å². The van der Waals surface area contributed by atoms with E-state index in [-0.39, 0.29) is 0 Å². The van der Waals surface area contributed by atoms with Gasteiger partial charge >= 0.3 is 22.8 Å². The fraction of sp³-hybridized carbons (Fsp3) is 1.00. The van der Waals surface area contributed by atoms with Crippen LogP contribution in [-0.2, 0) is 42.1 Å². The topological polar surface area (TPSA) is 231 Å². The first-order valence-electron chi connectivity index (χ1n) is 8.18. The third-order valence-corrected chi connectivity index (χ3v) is 8.38. The summed E-state index contributed by atoms with van der Waals surface area (Å²) < 4.78 is 64.2. The zero-order chi connectivity index (χ0) is 24.9. The summed E-state index contributed by atoms with van der Waals surface area (Å²) in [6.07, 6.45) is 0. The molecule has 0 rings (SSSR count). The molecule has 0 amide bonds. The standard InChI is InChI=1S/C12H30NO15P3/c1-10(23-4,29(14,15)16)26-7-13(8-27-11(2,24-5)30(17,18)19)9-28-12(3,25-6)31(20,21)22/h7-9H2,1-6H3,(H2,14,15,16)(H2,17,18,19)(H2,20,21,22). The molecule has 3 unspecified atom stereocenters. The van der Waals surface area contributed by atoms with E-state index in [0.29, 0.717) is 0 Å². The van der Waals surface area contributed by atoms with Crippen LogP contribution in [0.5, 0.6) is 0 Å². The van der Waals surface area contributed by atoms with Crippen molar-refractivity contribution in [3.8, 4) is 0 Å². The third-order valence-electron chi connectivity index (χ3n) is 4.27. The van der Waals surface area contributed by atoms with Gasteiger partial charge in [0.05, 0.1) is 0 Å². The zero-order valence-corrected chi connectivity index (χ0v) is 20.5. The highest BCUT2D eigenvalue weighted by atomic mass is 31.2. The average Bonchev–Trinajstić information content (AvgIpc) is 2.63. The summed E-state index contributed by atoms with van der Waals surface area (Å²) in [4.78, 5) is 57.2. The Bertz CT molecular complexity index is 625. The lowest BCUT2D eigenvalue weighted by Crippen LogP contribution is -2.44. The van der Waals surface area contributed by atoms with E-state index in [4.69, 9.17) is 28.4 Å². The van der Waals surface area contributed by atoms with Gasteiger partial charge in [0.25, 0.3) is 16.6 Å². The Balaban J connectivity index is 5.65. The van der Waals surface area contributed by atoms with Crippen molar-refractivity contribution in [2.45, 2.75) is 37.4 Å². The van der Waals surface area contributed by atoms with E-state index in [0.717, 1.165) is 47.0 Å². The summed E-state index contributed by atoms with van der Waals surface area (Å²) in [5, 5.41) is 0. The zero-order valence-electron chi connectivity index (χ0n) is 17.8. The molecule has 19 heteroatoms. The van der Waals surface area contributed by atoms with Crippen LogP contribution in [0.25, 0.3) is 0 Å². The summed E-state index contributed by atoms with van der Waals surface area (Å²) in [6, 6.07) is 0. The molecule has 0 aromatic carbocycles. The van der Waals surface area contributed by atoms with Gasteiger partial charge in [0, 0.05) is 42.1 Å². The van der Waals surface area contributed by atoms with E-state index in [2.05, 4.69) is 0 Å². The predicted octanol–water partition coefficient (Wildman–Crippen LogP) is -0.296. The van der Waals surface area contributed by atoms with Gasteiger partial charge in [-0.2, -0.15) is 0 Å². The van der Waals surface area contributed by atoms with Crippen molar-refractivity contribution in [1.82, 2.24) is 4.90 Å². The van der Waals surface area contributed by atoms with Crippen LogP contribution < -0.4 is 0 Å². The number of methoxy groups -OCH3 is 3. The Hall–Kier alpha value is 0.170. The molecule has 0 saturated carbocycles. The van der Waals surface area contributed by atoms with Gasteiger partial charge in [0.2, 0.25) is 0 Å². The van der Waals surface area contributed by atoms with Crippen molar-refractivity contribution in [2.24, 2.45) is 0 Å². The van der Waals surface area contributed by atoms with E-state index >= 15 is 0 Å². The minimum absolute atomic E-state index is 0.753. The Morgan fingerprint density at radius 1 is 0.581 bits per heavy atom. The fourth-order valence-electron chi connectivity index (χ4n) is 1.53. The molecule has 0 aromatic heterocycles. The highest BCUT2D eigenvalue weighted by molar-refractivity contribution is 7.53. The Labute approximate surface area is 178 Å². The highest BCUT2D eigenvalue weighted by Crippen LogP contribution is 2.53. The first-order chi connectivity index (χ1) is 13.7. The molecule has 0 aromatic rings. The molecule has 16 nitrogen and oxygen atoms in total. The lowest BCUT2D eigenvalue weighted by Gasteiger charge is -2.36. The van der Waals surface area contributed by atoms with Gasteiger partial charge in [-0.1, -0.05) is 0 Å². The minimum Gasteiger partial charge on any atom is -0.344 e. The minimum atomic E-state index is -4.96. The Morgan fingerprint density at radius 3 is 0.903 bits per heavy atom. The van der Waals surface area contributed by atoms with Crippen molar-refractivity contribution >= 4 is 22.8 Å². The number of ether oxygens (including phenoxy) is 6. The fourth-order valence-corrected chi connectivity index (χ4v) is 2.92. The van der Waals surface area contributed by atoms with Gasteiger partial charge in [0.15, 0.2) is 0 Å². The molecule has 188 valence electrons. The number of hydrogen-bond donors (Lipinski definition) is 6. The maximum absolute atomic E-state index is 11.6. The normalized spacial score (nSPS) is 19.6. The van der Waals surface area contributed by atoms with Crippen LogP contribution in [-0.4, -0.2) is 92.4 Å². The van der Waals surface area contributed by atoms with Crippen molar-refractivity contribution in [3.63, 3.8) is 0 Å². The van der Waals surface area contributed by atoms with Crippen molar-refractivity contribution < 1.29 is 71.5 Å². The molecule has 0 aliphatic carbocycles. The third kappa shape index (κ3) is 8.16. The molecule has 0 aliphatic heterocycles. The number of nitrogens with zero attached hydrogens (tertiary/aromatic N) is 1. The molecule has 0 heterocycles. The van der Waals surface area contributed by atoms with Crippen LogP contribution in [0.1, 0.15) is 20.8 Å². The van der Waals surface area contributed by atoms with Crippen LogP contribution >= 0.6 is 22.8 Å². The van der Waals surface area contributed by atoms with Crippen molar-refractivity contribution in [3.05, 3.63) is 0 Å². The summed E-state index contributed by atoms with van der Waals surface area (Å²) >= 11 is 0. The first-order valence-corrected chi connectivity index (χ1v) is 13.0. The van der Waals surface area contributed by atoms with Gasteiger partial charge in [-0.3, -0.25) is 13.7 Å². The van der Waals surface area contributed by atoms with Crippen LogP contribution in [0, 0.1) is 0 Å². The van der Waals surface area contributed by atoms with E-state index in [1.165, 1.54) is 0 Å². The smallest absolute Gasteiger partial charge is 0.344 e. The second-order valence-corrected chi connectivity index (χ2v) is 12.1. The predicted molar refractivity (Wildman–Crippen MR) is 102 cm³/mol. The average molecular weight is 521 g/mol. The molecule has 0 radical (unpaired) electrons. The second-order valence-electron chi connectivity index (χ2n) is 6.43. The molecule has 0 fully saturated rings. The molecule has 0 saturated heterocycles. The molecule has 0 bridgehead atoms. The van der Waals surface area contributed by atoms with Gasteiger partial charge in [-0.25, -0.2) is 4.90 Å². The summed E-state index contributed by atoms with van der Waals surface area (Å²) in [5.74, 6) is 0. The van der Waals surface area contributed by atoms with Gasteiger partial charge in [0.1, 0.15) is 20.2 Å². The molecular weight excluding hydrogens is 491 g/mol. The van der Waals surface area contributed by atoms with Crippen LogP contribution in [0.3, 0.4) is 0 Å². The lowest BCUT2D eigenvalue weighted by atomic mass is 10.7. The van der Waals surface area contributed by atoms with Crippen LogP contribution in [0.2, 0.25) is 0 Å². The van der Waals surface area contributed by atoms with E-state index in [9.17, 15) is 43.1 Å². The molecule has 0 spiro atoms. The van der Waals surface area contributed by atoms with Gasteiger partial charge < -0.3 is 57.8 Å². The summed E-state index contributed by atoms with van der Waals surface area (Å²) in [7, 11) is -12.0. The Kier molecular flexibility index (Phi) is 11.1. The monoisotopic (exact) mass is 521 g/mol. The Morgan fingerprint density at radius 2 is 0.774 bits per heavy atom. The largest absolute Gasteiger partial charge is 0.384 e. The molecular formula is C12H30NO15P3. The molecule has 6 N–H and O–H groups in total. The quantitative estimate of drug-likeness (QED) is 0.120. The number of rotatable bonds is 15. The van der Waals surface area contributed by atoms with Crippen molar-refractivity contribution in [1.29, 1.82) is 0 Å². The van der Waals surface area contributed by atoms with Crippen LogP contribution in [0.15, 0.2) is 0 Å². The highest BCUT2D eigenvalue weighted by Gasteiger charge is 2.48. The summed E-state index contributed by atoms with van der Waals surface area (Å²) in [6.45, 7) is 0.526. The molecule has 0 aliphatic rings. The van der Waals surface area contributed by atoms with E-state index in [1.807, 2.05) is 0 Å². The summed E-state index contributed by atoms with van der Waals surface area (Å²) in [5.41, 5.74) is -7.27.